The minimum Gasteiger partial charge on any atom is -0.396 e. The molecule has 17 heavy (non-hydrogen) atoms. The number of rotatable bonds is 5. The van der Waals surface area contributed by atoms with E-state index in [0.29, 0.717) is 12.5 Å². The van der Waals surface area contributed by atoms with E-state index in [1.54, 1.807) is 0 Å². The maximum absolute atomic E-state index is 9.16. The van der Waals surface area contributed by atoms with Gasteiger partial charge in [-0.15, -0.1) is 0 Å². The summed E-state index contributed by atoms with van der Waals surface area (Å²) in [7, 11) is 0. The highest BCUT2D eigenvalue weighted by Gasteiger charge is 2.19. The summed E-state index contributed by atoms with van der Waals surface area (Å²) in [6.07, 6.45) is 5.83. The van der Waals surface area contributed by atoms with Crippen molar-refractivity contribution in [3.8, 4) is 0 Å². The van der Waals surface area contributed by atoms with Crippen LogP contribution in [-0.2, 0) is 9.47 Å². The van der Waals surface area contributed by atoms with Crippen molar-refractivity contribution >= 4 is 0 Å². The summed E-state index contributed by atoms with van der Waals surface area (Å²) in [5.41, 5.74) is 0. The minimum absolute atomic E-state index is 0.0298. The standard InChI is InChI=1S/C13H25NO3/c15-11-12-4-3-6-14(10-12)7-9-17-13-5-1-2-8-16-13/h12-13,15H,1-11H2. The second kappa shape index (κ2) is 7.31. The van der Waals surface area contributed by atoms with Crippen LogP contribution in [0.5, 0.6) is 0 Å². The molecule has 0 aliphatic carbocycles. The molecule has 2 heterocycles. The van der Waals surface area contributed by atoms with Gasteiger partial charge in [-0.1, -0.05) is 0 Å². The van der Waals surface area contributed by atoms with Crippen molar-refractivity contribution in [2.24, 2.45) is 5.92 Å². The van der Waals surface area contributed by atoms with Crippen LogP contribution in [0.25, 0.3) is 0 Å². The smallest absolute Gasteiger partial charge is 0.157 e. The Bertz CT molecular complexity index is 207. The molecule has 2 atom stereocenters. The fourth-order valence-electron chi connectivity index (χ4n) is 2.66. The molecule has 0 saturated carbocycles. The van der Waals surface area contributed by atoms with Crippen LogP contribution in [0.1, 0.15) is 32.1 Å². The van der Waals surface area contributed by atoms with Crippen LogP contribution < -0.4 is 0 Å². The van der Waals surface area contributed by atoms with E-state index in [9.17, 15) is 0 Å². The second-order valence-electron chi connectivity index (χ2n) is 5.16. The van der Waals surface area contributed by atoms with Gasteiger partial charge in [0.15, 0.2) is 6.29 Å². The van der Waals surface area contributed by atoms with E-state index in [1.807, 2.05) is 0 Å². The molecule has 0 spiro atoms. The summed E-state index contributed by atoms with van der Waals surface area (Å²) in [6.45, 7) is 5.06. The summed E-state index contributed by atoms with van der Waals surface area (Å²) >= 11 is 0. The van der Waals surface area contributed by atoms with Crippen molar-refractivity contribution in [2.75, 3.05) is 39.5 Å². The van der Waals surface area contributed by atoms with Gasteiger partial charge in [0, 0.05) is 26.3 Å². The molecule has 2 aliphatic heterocycles. The number of nitrogens with zero attached hydrogens (tertiary/aromatic N) is 1. The molecule has 2 saturated heterocycles. The average Bonchev–Trinajstić information content (AvgIpc) is 2.40. The maximum Gasteiger partial charge on any atom is 0.157 e. The molecule has 2 rings (SSSR count). The molecule has 0 aromatic carbocycles. The monoisotopic (exact) mass is 243 g/mol. The fourth-order valence-corrected chi connectivity index (χ4v) is 2.66. The first kappa shape index (κ1) is 13.3. The predicted octanol–water partition coefficient (Wildman–Crippen LogP) is 1.23. The molecule has 4 heteroatoms. The van der Waals surface area contributed by atoms with Gasteiger partial charge in [0.05, 0.1) is 6.61 Å². The van der Waals surface area contributed by atoms with Gasteiger partial charge < -0.3 is 19.5 Å². The quantitative estimate of drug-likeness (QED) is 0.788. The van der Waals surface area contributed by atoms with Crippen molar-refractivity contribution < 1.29 is 14.6 Å². The van der Waals surface area contributed by atoms with Crippen LogP contribution in [-0.4, -0.2) is 55.8 Å². The Labute approximate surface area is 104 Å². The SMILES string of the molecule is OCC1CCCN(CCOC2CCCCO2)C1. The van der Waals surface area contributed by atoms with Crippen molar-refractivity contribution in [1.82, 2.24) is 4.90 Å². The normalized spacial score (nSPS) is 31.6. The average molecular weight is 243 g/mol. The molecule has 2 unspecified atom stereocenters. The number of aliphatic hydroxyl groups is 1. The number of aliphatic hydroxyl groups excluding tert-OH is 1. The first-order valence-corrected chi connectivity index (χ1v) is 6.95. The summed E-state index contributed by atoms with van der Waals surface area (Å²) in [5.74, 6) is 0.467. The van der Waals surface area contributed by atoms with E-state index in [1.165, 1.54) is 25.7 Å². The van der Waals surface area contributed by atoms with E-state index < -0.39 is 0 Å². The highest BCUT2D eigenvalue weighted by Crippen LogP contribution is 2.16. The molecule has 1 N–H and O–H groups in total. The molecule has 0 bridgehead atoms. The lowest BCUT2D eigenvalue weighted by atomic mass is 9.99. The number of hydrogen-bond acceptors (Lipinski definition) is 4. The fraction of sp³-hybridized carbons (Fsp3) is 1.00. The summed E-state index contributed by atoms with van der Waals surface area (Å²) in [4.78, 5) is 2.40. The second-order valence-corrected chi connectivity index (χ2v) is 5.16. The zero-order valence-corrected chi connectivity index (χ0v) is 10.6. The number of hydrogen-bond donors (Lipinski definition) is 1. The van der Waals surface area contributed by atoms with Crippen molar-refractivity contribution in [2.45, 2.75) is 38.4 Å². The Kier molecular flexibility index (Phi) is 5.71. The van der Waals surface area contributed by atoms with E-state index in [0.717, 1.165) is 39.3 Å². The van der Waals surface area contributed by atoms with Gasteiger partial charge in [-0.25, -0.2) is 0 Å². The molecular weight excluding hydrogens is 218 g/mol. The van der Waals surface area contributed by atoms with Gasteiger partial charge in [-0.3, -0.25) is 0 Å². The zero-order valence-electron chi connectivity index (χ0n) is 10.6. The van der Waals surface area contributed by atoms with Gasteiger partial charge in [0.25, 0.3) is 0 Å². The number of likely N-dealkylation sites (tertiary alicyclic amines) is 1. The number of ether oxygens (including phenoxy) is 2. The highest BCUT2D eigenvalue weighted by atomic mass is 16.7. The highest BCUT2D eigenvalue weighted by molar-refractivity contribution is 4.72. The first-order chi connectivity index (χ1) is 8.38. The van der Waals surface area contributed by atoms with Crippen LogP contribution in [0.4, 0.5) is 0 Å². The molecular formula is C13H25NO3. The minimum atomic E-state index is 0.0298. The summed E-state index contributed by atoms with van der Waals surface area (Å²) in [5, 5.41) is 9.16. The van der Waals surface area contributed by atoms with Crippen LogP contribution in [0.15, 0.2) is 0 Å². The summed E-state index contributed by atoms with van der Waals surface area (Å²) < 4.78 is 11.3. The Morgan fingerprint density at radius 3 is 2.94 bits per heavy atom. The Balaban J connectivity index is 1.57. The molecule has 100 valence electrons. The molecule has 2 fully saturated rings. The topological polar surface area (TPSA) is 41.9 Å². The van der Waals surface area contributed by atoms with Crippen molar-refractivity contribution in [3.63, 3.8) is 0 Å². The van der Waals surface area contributed by atoms with E-state index in [-0.39, 0.29) is 6.29 Å². The molecule has 2 aliphatic rings. The van der Waals surface area contributed by atoms with E-state index in [2.05, 4.69) is 4.90 Å². The van der Waals surface area contributed by atoms with Crippen molar-refractivity contribution in [1.29, 1.82) is 0 Å². The lowest BCUT2D eigenvalue weighted by Gasteiger charge is -2.32. The van der Waals surface area contributed by atoms with Gasteiger partial charge in [-0.2, -0.15) is 0 Å². The van der Waals surface area contributed by atoms with Crippen LogP contribution in [0.2, 0.25) is 0 Å². The first-order valence-electron chi connectivity index (χ1n) is 6.95. The molecule has 0 aromatic heterocycles. The Morgan fingerprint density at radius 2 is 2.18 bits per heavy atom. The molecule has 0 amide bonds. The third-order valence-corrected chi connectivity index (χ3v) is 3.71. The molecule has 0 radical (unpaired) electrons. The van der Waals surface area contributed by atoms with E-state index in [4.69, 9.17) is 14.6 Å². The Morgan fingerprint density at radius 1 is 1.24 bits per heavy atom. The lowest BCUT2D eigenvalue weighted by Crippen LogP contribution is -2.39. The van der Waals surface area contributed by atoms with Crippen LogP contribution in [0, 0.1) is 5.92 Å². The number of piperidine rings is 1. The van der Waals surface area contributed by atoms with Gasteiger partial charge in [0.2, 0.25) is 0 Å². The largest absolute Gasteiger partial charge is 0.396 e. The zero-order chi connectivity index (χ0) is 11.9. The molecule has 0 aromatic rings. The third-order valence-electron chi connectivity index (χ3n) is 3.71. The summed E-state index contributed by atoms with van der Waals surface area (Å²) in [6, 6.07) is 0. The van der Waals surface area contributed by atoms with Crippen LogP contribution >= 0.6 is 0 Å². The third kappa shape index (κ3) is 4.54. The maximum atomic E-state index is 9.16. The van der Waals surface area contributed by atoms with Gasteiger partial charge >= 0.3 is 0 Å². The van der Waals surface area contributed by atoms with E-state index >= 15 is 0 Å². The lowest BCUT2D eigenvalue weighted by molar-refractivity contribution is -0.164. The predicted molar refractivity (Wildman–Crippen MR) is 65.8 cm³/mol. The van der Waals surface area contributed by atoms with Gasteiger partial charge in [0.1, 0.15) is 0 Å². The Hall–Kier alpha value is -0.160. The molecule has 4 nitrogen and oxygen atoms in total. The van der Waals surface area contributed by atoms with Gasteiger partial charge in [-0.05, 0) is 44.6 Å². The van der Waals surface area contributed by atoms with Crippen molar-refractivity contribution in [3.05, 3.63) is 0 Å². The van der Waals surface area contributed by atoms with Crippen LogP contribution in [0.3, 0.4) is 0 Å².